The molecule has 32 heavy (non-hydrogen) atoms. The van der Waals surface area contributed by atoms with Crippen LogP contribution >= 0.6 is 0 Å². The second kappa shape index (κ2) is 7.57. The number of carbonyl (C=O) groups excluding carboxylic acids is 1. The van der Waals surface area contributed by atoms with E-state index < -0.39 is 0 Å². The van der Waals surface area contributed by atoms with Crippen LogP contribution in [-0.2, 0) is 5.41 Å². The third-order valence-electron chi connectivity index (χ3n) is 7.60. The fourth-order valence-corrected chi connectivity index (χ4v) is 6.10. The largest absolute Gasteiger partial charge is 0.347 e. The van der Waals surface area contributed by atoms with Gasteiger partial charge in [-0.1, -0.05) is 60.2 Å². The van der Waals surface area contributed by atoms with Crippen LogP contribution in [-0.4, -0.2) is 71.2 Å². The number of benzene rings is 2. The highest BCUT2D eigenvalue weighted by Crippen LogP contribution is 2.43. The van der Waals surface area contributed by atoms with E-state index in [0.717, 1.165) is 50.5 Å². The van der Waals surface area contributed by atoms with E-state index in [-0.39, 0.29) is 17.4 Å². The molecule has 4 fully saturated rings. The molecule has 2 aromatic carbocycles. The number of aromatic nitrogens is 2. The third-order valence-corrected chi connectivity index (χ3v) is 7.60. The zero-order valence-corrected chi connectivity index (χ0v) is 18.4. The monoisotopic (exact) mass is 427 g/mol. The predicted octanol–water partition coefficient (Wildman–Crippen LogP) is 2.68. The molecule has 164 valence electrons. The lowest BCUT2D eigenvalue weighted by Crippen LogP contribution is -2.70. The van der Waals surface area contributed by atoms with Crippen molar-refractivity contribution in [2.24, 2.45) is 5.92 Å². The smallest absolute Gasteiger partial charge is 0.269 e. The Balaban J connectivity index is 1.30. The van der Waals surface area contributed by atoms with Crippen molar-refractivity contribution in [2.45, 2.75) is 18.4 Å². The van der Waals surface area contributed by atoms with Crippen LogP contribution in [0.3, 0.4) is 0 Å². The number of fused-ring (bicyclic) bond motifs is 1. The van der Waals surface area contributed by atoms with Gasteiger partial charge in [0.25, 0.3) is 5.91 Å². The molecular formula is C26H29N5O. The van der Waals surface area contributed by atoms with E-state index >= 15 is 0 Å². The number of aryl methyl sites for hydroxylation is 1. The summed E-state index contributed by atoms with van der Waals surface area (Å²) in [5, 5.41) is 10.8. The van der Waals surface area contributed by atoms with E-state index in [9.17, 15) is 4.79 Å². The molecule has 4 aliphatic rings. The lowest BCUT2D eigenvalue weighted by atomic mass is 9.64. The van der Waals surface area contributed by atoms with Gasteiger partial charge in [0.05, 0.1) is 5.69 Å². The summed E-state index contributed by atoms with van der Waals surface area (Å²) < 4.78 is 0. The van der Waals surface area contributed by atoms with Gasteiger partial charge in [-0.25, -0.2) is 0 Å². The molecule has 1 aromatic heterocycles. The van der Waals surface area contributed by atoms with Gasteiger partial charge in [0.15, 0.2) is 0 Å². The summed E-state index contributed by atoms with van der Waals surface area (Å²) in [6.07, 6.45) is 0. The summed E-state index contributed by atoms with van der Waals surface area (Å²) >= 11 is 0. The van der Waals surface area contributed by atoms with E-state index in [1.807, 2.05) is 18.2 Å². The number of amides is 1. The molecule has 4 aliphatic heterocycles. The average molecular weight is 428 g/mol. The number of aromatic amines is 1. The molecule has 0 saturated carbocycles. The van der Waals surface area contributed by atoms with Crippen LogP contribution in [0.1, 0.15) is 21.6 Å². The second-order valence-electron chi connectivity index (χ2n) is 9.74. The van der Waals surface area contributed by atoms with Gasteiger partial charge in [0, 0.05) is 62.2 Å². The number of nitrogens with zero attached hydrogens (tertiary/aromatic N) is 3. The molecule has 4 saturated heterocycles. The zero-order valence-electron chi connectivity index (χ0n) is 18.4. The van der Waals surface area contributed by atoms with Crippen molar-refractivity contribution in [2.75, 3.05) is 39.3 Å². The standard InChI is InChI=1S/C26H29N5O/c1-18-7-9-19(10-8-18)22-13-23(29-28-22)25(32)27-24-20-14-30-11-12-31(15-20)17-26(24,16-30)21-5-3-2-4-6-21/h2-10,13,20,24H,11-12,14-17H2,1H3,(H,27,32)(H,28,29)/t20?,24-,26?/m0/s1. The van der Waals surface area contributed by atoms with Gasteiger partial charge in [-0.2, -0.15) is 5.10 Å². The van der Waals surface area contributed by atoms with Crippen molar-refractivity contribution in [3.63, 3.8) is 0 Å². The normalized spacial score (nSPS) is 30.8. The Kier molecular flexibility index (Phi) is 4.66. The maximum atomic E-state index is 13.4. The Morgan fingerprint density at radius 1 is 1.03 bits per heavy atom. The van der Waals surface area contributed by atoms with E-state index in [4.69, 9.17) is 0 Å². The van der Waals surface area contributed by atoms with Crippen LogP contribution in [0.5, 0.6) is 0 Å². The van der Waals surface area contributed by atoms with Crippen molar-refractivity contribution < 1.29 is 4.79 Å². The van der Waals surface area contributed by atoms with Crippen molar-refractivity contribution in [3.05, 3.63) is 77.5 Å². The van der Waals surface area contributed by atoms with E-state index in [0.29, 0.717) is 11.6 Å². The quantitative estimate of drug-likeness (QED) is 0.672. The van der Waals surface area contributed by atoms with Gasteiger partial charge < -0.3 is 15.1 Å². The van der Waals surface area contributed by atoms with Gasteiger partial charge in [0.2, 0.25) is 0 Å². The van der Waals surface area contributed by atoms with Gasteiger partial charge in [-0.05, 0) is 18.6 Å². The lowest BCUT2D eigenvalue weighted by Gasteiger charge is -2.55. The van der Waals surface area contributed by atoms with Gasteiger partial charge in [-0.15, -0.1) is 0 Å². The number of carbonyl (C=O) groups is 1. The van der Waals surface area contributed by atoms with Gasteiger partial charge >= 0.3 is 0 Å². The molecule has 2 unspecified atom stereocenters. The highest BCUT2D eigenvalue weighted by Gasteiger charge is 2.55. The fourth-order valence-electron chi connectivity index (χ4n) is 6.10. The summed E-state index contributed by atoms with van der Waals surface area (Å²) in [6, 6.07) is 21.0. The molecule has 5 heterocycles. The molecule has 6 nitrogen and oxygen atoms in total. The van der Waals surface area contributed by atoms with Crippen LogP contribution in [0, 0.1) is 12.8 Å². The molecule has 1 amide bonds. The van der Waals surface area contributed by atoms with E-state index in [2.05, 4.69) is 74.7 Å². The first-order valence-electron chi connectivity index (χ1n) is 11.5. The topological polar surface area (TPSA) is 64.3 Å². The summed E-state index contributed by atoms with van der Waals surface area (Å²) in [4.78, 5) is 18.6. The summed E-state index contributed by atoms with van der Waals surface area (Å²) in [7, 11) is 0. The Morgan fingerprint density at radius 2 is 1.72 bits per heavy atom. The number of piperidine rings is 2. The Morgan fingerprint density at radius 3 is 2.41 bits per heavy atom. The Hall–Kier alpha value is -2.96. The van der Waals surface area contributed by atoms with Crippen molar-refractivity contribution in [1.82, 2.24) is 25.3 Å². The van der Waals surface area contributed by atoms with E-state index in [1.165, 1.54) is 11.1 Å². The van der Waals surface area contributed by atoms with Crippen LogP contribution < -0.4 is 5.32 Å². The molecule has 3 aromatic rings. The van der Waals surface area contributed by atoms with Gasteiger partial charge in [-0.3, -0.25) is 9.89 Å². The number of hydrogen-bond acceptors (Lipinski definition) is 4. The molecule has 3 atom stereocenters. The average Bonchev–Trinajstić information content (AvgIpc) is 3.17. The summed E-state index contributed by atoms with van der Waals surface area (Å²) in [6.45, 7) is 8.38. The molecule has 0 spiro atoms. The molecule has 7 rings (SSSR count). The SMILES string of the molecule is Cc1ccc(-c2cc(C(=O)N[C@H]3C4CN5CCN(C4)CC3(c3ccccc3)C5)[nH]n2)cc1. The fraction of sp³-hybridized carbons (Fsp3) is 0.385. The highest BCUT2D eigenvalue weighted by atomic mass is 16.2. The molecular weight excluding hydrogens is 398 g/mol. The highest BCUT2D eigenvalue weighted by molar-refractivity contribution is 5.93. The molecule has 0 aliphatic carbocycles. The predicted molar refractivity (Wildman–Crippen MR) is 125 cm³/mol. The van der Waals surface area contributed by atoms with Crippen LogP contribution in [0.15, 0.2) is 60.7 Å². The van der Waals surface area contributed by atoms with Crippen molar-refractivity contribution in [1.29, 1.82) is 0 Å². The van der Waals surface area contributed by atoms with Crippen LogP contribution in [0.4, 0.5) is 0 Å². The number of hydrogen-bond donors (Lipinski definition) is 2. The molecule has 4 bridgehead atoms. The van der Waals surface area contributed by atoms with E-state index in [1.54, 1.807) is 0 Å². The number of nitrogens with one attached hydrogen (secondary N) is 2. The maximum absolute atomic E-state index is 13.4. The molecule has 6 heteroatoms. The minimum absolute atomic E-state index is 0.0627. The second-order valence-corrected chi connectivity index (χ2v) is 9.74. The third kappa shape index (κ3) is 3.26. The number of H-pyrrole nitrogens is 1. The van der Waals surface area contributed by atoms with Crippen molar-refractivity contribution in [3.8, 4) is 11.3 Å². The van der Waals surface area contributed by atoms with Crippen LogP contribution in [0.2, 0.25) is 0 Å². The zero-order chi connectivity index (χ0) is 21.7. The minimum atomic E-state index is -0.0889. The molecule has 0 radical (unpaired) electrons. The Labute approximate surface area is 188 Å². The minimum Gasteiger partial charge on any atom is -0.347 e. The van der Waals surface area contributed by atoms with Gasteiger partial charge in [0.1, 0.15) is 5.69 Å². The lowest BCUT2D eigenvalue weighted by molar-refractivity contribution is 0.0179. The van der Waals surface area contributed by atoms with Crippen molar-refractivity contribution >= 4 is 5.91 Å². The first-order chi connectivity index (χ1) is 15.6. The first kappa shape index (κ1) is 19.7. The molecule has 2 N–H and O–H groups in total. The summed E-state index contributed by atoms with van der Waals surface area (Å²) in [5.41, 5.74) is 4.78. The Bertz CT molecular complexity index is 1110. The number of rotatable bonds is 4. The van der Waals surface area contributed by atoms with Crippen LogP contribution in [0.25, 0.3) is 11.3 Å². The summed E-state index contributed by atoms with van der Waals surface area (Å²) in [5.74, 6) is 0.357. The first-order valence-corrected chi connectivity index (χ1v) is 11.5. The maximum Gasteiger partial charge on any atom is 0.269 e.